The van der Waals surface area contributed by atoms with Gasteiger partial charge >= 0.3 is 0 Å². The van der Waals surface area contributed by atoms with E-state index < -0.39 is 9.84 Å². The first-order chi connectivity index (χ1) is 8.89. The number of aromatic nitrogens is 1. The maximum Gasteiger partial charge on any atom is 0.156 e. The van der Waals surface area contributed by atoms with Crippen LogP contribution in [-0.2, 0) is 15.6 Å². The summed E-state index contributed by atoms with van der Waals surface area (Å²) in [5.41, 5.74) is 8.88. The Bertz CT molecular complexity index is 561. The Morgan fingerprint density at radius 3 is 2.58 bits per heavy atom. The van der Waals surface area contributed by atoms with E-state index in [1.807, 2.05) is 13.8 Å². The van der Waals surface area contributed by atoms with Crippen molar-refractivity contribution in [3.63, 3.8) is 0 Å². The third-order valence-corrected chi connectivity index (χ3v) is 5.69. The topological polar surface area (TPSA) is 73.0 Å². The number of nitrogen functional groups attached to an aromatic ring is 1. The molecular formula is C14H22N2O2S. The zero-order valence-corrected chi connectivity index (χ0v) is 12.5. The van der Waals surface area contributed by atoms with Gasteiger partial charge in [0, 0.05) is 11.9 Å². The van der Waals surface area contributed by atoms with Crippen LogP contribution in [0.25, 0.3) is 0 Å². The summed E-state index contributed by atoms with van der Waals surface area (Å²) in [6.07, 6.45) is 6.07. The highest BCUT2D eigenvalue weighted by atomic mass is 32.2. The van der Waals surface area contributed by atoms with Crippen LogP contribution in [0.5, 0.6) is 0 Å². The quantitative estimate of drug-likeness (QED) is 0.920. The predicted octanol–water partition coefficient (Wildman–Crippen LogP) is 2.39. The van der Waals surface area contributed by atoms with E-state index in [9.17, 15) is 8.42 Å². The maximum atomic E-state index is 12.2. The molecule has 1 aliphatic carbocycles. The molecule has 106 valence electrons. The molecule has 0 bridgehead atoms. The number of hydrogen-bond donors (Lipinski definition) is 1. The molecule has 2 rings (SSSR count). The van der Waals surface area contributed by atoms with E-state index in [1.54, 1.807) is 6.20 Å². The molecule has 1 aromatic heterocycles. The molecule has 1 heterocycles. The average molecular weight is 282 g/mol. The highest BCUT2D eigenvalue weighted by molar-refractivity contribution is 7.90. The molecule has 1 aromatic rings. The van der Waals surface area contributed by atoms with E-state index in [-0.39, 0.29) is 5.75 Å². The van der Waals surface area contributed by atoms with Crippen LogP contribution < -0.4 is 5.73 Å². The minimum atomic E-state index is -3.09. The van der Waals surface area contributed by atoms with Crippen LogP contribution in [0, 0.1) is 19.8 Å². The van der Waals surface area contributed by atoms with Crippen LogP contribution in [0.2, 0.25) is 0 Å². The largest absolute Gasteiger partial charge is 0.398 e. The van der Waals surface area contributed by atoms with Gasteiger partial charge in [0.2, 0.25) is 0 Å². The minimum Gasteiger partial charge on any atom is -0.398 e. The number of aryl methyl sites for hydroxylation is 1. The van der Waals surface area contributed by atoms with Crippen LogP contribution in [0.1, 0.15) is 42.5 Å². The molecule has 0 aliphatic heterocycles. The number of nitrogens with two attached hydrogens (primary N) is 1. The molecule has 0 saturated heterocycles. The van der Waals surface area contributed by atoms with Crippen molar-refractivity contribution in [1.82, 2.24) is 4.98 Å². The van der Waals surface area contributed by atoms with Crippen LogP contribution in [-0.4, -0.2) is 19.2 Å². The summed E-state index contributed by atoms with van der Waals surface area (Å²) in [5, 5.41) is 0. The second kappa shape index (κ2) is 5.49. The number of nitrogens with zero attached hydrogens (tertiary/aromatic N) is 1. The number of anilines is 1. The fourth-order valence-electron chi connectivity index (χ4n) is 2.74. The Morgan fingerprint density at radius 1 is 1.32 bits per heavy atom. The molecule has 0 spiro atoms. The summed E-state index contributed by atoms with van der Waals surface area (Å²) in [6.45, 7) is 3.72. The molecular weight excluding hydrogens is 260 g/mol. The monoisotopic (exact) mass is 282 g/mol. The number of rotatable bonds is 4. The van der Waals surface area contributed by atoms with Crippen molar-refractivity contribution >= 4 is 15.5 Å². The first-order valence-corrected chi connectivity index (χ1v) is 8.62. The first kappa shape index (κ1) is 14.3. The maximum absolute atomic E-state index is 12.2. The second-order valence-corrected chi connectivity index (χ2v) is 7.74. The number of pyridine rings is 1. The van der Waals surface area contributed by atoms with Gasteiger partial charge in [0.15, 0.2) is 9.84 Å². The average Bonchev–Trinajstić information content (AvgIpc) is 2.82. The van der Waals surface area contributed by atoms with Gasteiger partial charge in [-0.2, -0.15) is 0 Å². The highest BCUT2D eigenvalue weighted by Gasteiger charge is 2.24. The molecule has 4 nitrogen and oxygen atoms in total. The lowest BCUT2D eigenvalue weighted by Gasteiger charge is -2.12. The zero-order chi connectivity index (χ0) is 14.0. The lowest BCUT2D eigenvalue weighted by molar-refractivity contribution is 0.557. The fourth-order valence-corrected chi connectivity index (χ4v) is 4.62. The summed E-state index contributed by atoms with van der Waals surface area (Å²) in [7, 11) is -3.09. The van der Waals surface area contributed by atoms with Crippen molar-refractivity contribution in [3.8, 4) is 0 Å². The van der Waals surface area contributed by atoms with E-state index in [0.717, 1.165) is 36.8 Å². The smallest absolute Gasteiger partial charge is 0.156 e. The SMILES string of the molecule is Cc1cnc(CS(=O)(=O)CC2CCCC2)c(C)c1N. The molecule has 0 atom stereocenters. The van der Waals surface area contributed by atoms with Gasteiger partial charge in [-0.3, -0.25) is 4.98 Å². The molecule has 5 heteroatoms. The zero-order valence-electron chi connectivity index (χ0n) is 11.6. The van der Waals surface area contributed by atoms with E-state index in [2.05, 4.69) is 4.98 Å². The van der Waals surface area contributed by atoms with E-state index in [4.69, 9.17) is 5.73 Å². The van der Waals surface area contributed by atoms with Crippen molar-refractivity contribution in [3.05, 3.63) is 23.0 Å². The summed E-state index contributed by atoms with van der Waals surface area (Å²) in [5.74, 6) is 0.648. The first-order valence-electron chi connectivity index (χ1n) is 6.80. The molecule has 0 aromatic carbocycles. The summed E-state index contributed by atoms with van der Waals surface area (Å²) in [4.78, 5) is 4.24. The van der Waals surface area contributed by atoms with Gasteiger partial charge in [-0.1, -0.05) is 12.8 Å². The Hall–Kier alpha value is -1.10. The van der Waals surface area contributed by atoms with Crippen molar-refractivity contribution < 1.29 is 8.42 Å². The van der Waals surface area contributed by atoms with Gasteiger partial charge in [-0.05, 0) is 43.7 Å². The molecule has 1 fully saturated rings. The molecule has 1 aliphatic rings. The van der Waals surface area contributed by atoms with Crippen molar-refractivity contribution in [1.29, 1.82) is 0 Å². The van der Waals surface area contributed by atoms with Crippen LogP contribution in [0.15, 0.2) is 6.20 Å². The van der Waals surface area contributed by atoms with Crippen LogP contribution >= 0.6 is 0 Å². The van der Waals surface area contributed by atoms with Gasteiger partial charge in [0.05, 0.1) is 17.2 Å². The Kier molecular flexibility index (Phi) is 4.13. The van der Waals surface area contributed by atoms with Gasteiger partial charge < -0.3 is 5.73 Å². The Morgan fingerprint density at radius 2 is 1.95 bits per heavy atom. The van der Waals surface area contributed by atoms with Crippen molar-refractivity contribution in [2.45, 2.75) is 45.3 Å². The summed E-state index contributed by atoms with van der Waals surface area (Å²) >= 11 is 0. The van der Waals surface area contributed by atoms with Gasteiger partial charge in [-0.25, -0.2) is 8.42 Å². The molecule has 19 heavy (non-hydrogen) atoms. The second-order valence-electron chi connectivity index (χ2n) is 5.63. The molecule has 0 unspecified atom stereocenters. The summed E-state index contributed by atoms with van der Waals surface area (Å²) in [6, 6.07) is 0. The molecule has 1 saturated carbocycles. The fraction of sp³-hybridized carbons (Fsp3) is 0.643. The van der Waals surface area contributed by atoms with Gasteiger partial charge in [0.25, 0.3) is 0 Å². The third-order valence-electron chi connectivity index (χ3n) is 4.00. The van der Waals surface area contributed by atoms with Crippen molar-refractivity contribution in [2.75, 3.05) is 11.5 Å². The van der Waals surface area contributed by atoms with E-state index in [0.29, 0.717) is 23.1 Å². The third kappa shape index (κ3) is 3.47. The van der Waals surface area contributed by atoms with E-state index >= 15 is 0 Å². The van der Waals surface area contributed by atoms with Crippen LogP contribution in [0.4, 0.5) is 5.69 Å². The van der Waals surface area contributed by atoms with Gasteiger partial charge in [-0.15, -0.1) is 0 Å². The van der Waals surface area contributed by atoms with E-state index in [1.165, 1.54) is 0 Å². The standard InChI is InChI=1S/C14H22N2O2S/c1-10-7-16-13(11(2)14(10)15)9-19(17,18)8-12-5-3-4-6-12/h7,12H,3-6,8-9H2,1-2H3,(H2,15,16). The van der Waals surface area contributed by atoms with Crippen LogP contribution in [0.3, 0.4) is 0 Å². The highest BCUT2D eigenvalue weighted by Crippen LogP contribution is 2.27. The lowest BCUT2D eigenvalue weighted by Crippen LogP contribution is -2.17. The normalized spacial score (nSPS) is 16.9. The number of sulfone groups is 1. The minimum absolute atomic E-state index is 0.0137. The molecule has 0 radical (unpaired) electrons. The summed E-state index contributed by atoms with van der Waals surface area (Å²) < 4.78 is 24.4. The van der Waals surface area contributed by atoms with Gasteiger partial charge in [0.1, 0.15) is 0 Å². The van der Waals surface area contributed by atoms with Crippen molar-refractivity contribution in [2.24, 2.45) is 5.92 Å². The molecule has 2 N–H and O–H groups in total. The Labute approximate surface area is 115 Å². The number of hydrogen-bond acceptors (Lipinski definition) is 4. The predicted molar refractivity (Wildman–Crippen MR) is 77.6 cm³/mol. The molecule has 0 amide bonds. The lowest BCUT2D eigenvalue weighted by atomic mass is 10.1. The Balaban J connectivity index is 2.13.